The highest BCUT2D eigenvalue weighted by Gasteiger charge is 2.29. The maximum Gasteiger partial charge on any atom is 0.246 e. The number of nitrogens with one attached hydrogen (secondary N) is 1. The van der Waals surface area contributed by atoms with Gasteiger partial charge in [-0.2, -0.15) is 4.31 Å². The molecule has 1 aromatic heterocycles. The van der Waals surface area contributed by atoms with Crippen LogP contribution in [0.5, 0.6) is 0 Å². The molecular weight excluding hydrogens is 449 g/mol. The predicted molar refractivity (Wildman–Crippen MR) is 120 cm³/mol. The average Bonchev–Trinajstić information content (AvgIpc) is 3.29. The number of rotatable bonds is 7. The van der Waals surface area contributed by atoms with Crippen molar-refractivity contribution in [3.63, 3.8) is 0 Å². The fraction of sp³-hybridized carbons (Fsp3) is 0.304. The molecule has 3 aromatic rings. The van der Waals surface area contributed by atoms with Crippen LogP contribution in [0.15, 0.2) is 58.0 Å². The lowest BCUT2D eigenvalue weighted by molar-refractivity contribution is -0.116. The molecule has 1 aliphatic rings. The molecule has 1 fully saturated rings. The van der Waals surface area contributed by atoms with Crippen LogP contribution in [0.25, 0.3) is 11.3 Å². The minimum absolute atomic E-state index is 0.0662. The number of sulfonamides is 1. The highest BCUT2D eigenvalue weighted by atomic mass is 32.2. The number of hydrogen-bond acceptors (Lipinski definition) is 6. The lowest BCUT2D eigenvalue weighted by atomic mass is 10.1. The summed E-state index contributed by atoms with van der Waals surface area (Å²) in [5.41, 5.74) is 2.22. The van der Waals surface area contributed by atoms with Crippen LogP contribution in [0.4, 0.5) is 10.1 Å². The third-order valence-corrected chi connectivity index (χ3v) is 7.17. The highest BCUT2D eigenvalue weighted by molar-refractivity contribution is 7.89. The Morgan fingerprint density at radius 2 is 1.88 bits per heavy atom. The molecule has 0 unspecified atom stereocenters. The van der Waals surface area contributed by atoms with Gasteiger partial charge >= 0.3 is 0 Å². The minimum atomic E-state index is -4.03. The molecule has 1 amide bonds. The Balaban J connectivity index is 1.39. The number of hydrogen-bond donors (Lipinski definition) is 1. The van der Waals surface area contributed by atoms with E-state index in [0.29, 0.717) is 11.7 Å². The lowest BCUT2D eigenvalue weighted by Crippen LogP contribution is -2.40. The predicted octanol–water partition coefficient (Wildman–Crippen LogP) is 3.38. The molecule has 0 bridgehead atoms. The fourth-order valence-electron chi connectivity index (χ4n) is 3.43. The molecule has 2 heterocycles. The summed E-state index contributed by atoms with van der Waals surface area (Å²) < 4.78 is 52.0. The quantitative estimate of drug-likeness (QED) is 0.565. The van der Waals surface area contributed by atoms with E-state index in [1.54, 1.807) is 6.20 Å². The number of halogens is 1. The zero-order valence-corrected chi connectivity index (χ0v) is 18.9. The third-order valence-electron chi connectivity index (χ3n) is 5.26. The first-order chi connectivity index (χ1) is 15.8. The molecule has 0 atom stereocenters. The van der Waals surface area contributed by atoms with Crippen molar-refractivity contribution in [2.75, 3.05) is 31.6 Å². The van der Waals surface area contributed by atoms with Crippen LogP contribution in [-0.2, 0) is 26.0 Å². The number of aryl methyl sites for hydroxylation is 2. The van der Waals surface area contributed by atoms with E-state index in [-0.39, 0.29) is 50.7 Å². The molecule has 1 aliphatic heterocycles. The van der Waals surface area contributed by atoms with Crippen molar-refractivity contribution in [3.05, 3.63) is 65.9 Å². The first kappa shape index (κ1) is 23.1. The summed E-state index contributed by atoms with van der Waals surface area (Å²) in [5.74, 6) is -0.216. The normalized spacial score (nSPS) is 14.8. The second-order valence-corrected chi connectivity index (χ2v) is 9.60. The number of ether oxygens (including phenoxy) is 1. The number of amides is 1. The molecule has 10 heteroatoms. The zero-order valence-electron chi connectivity index (χ0n) is 18.1. The lowest BCUT2D eigenvalue weighted by Gasteiger charge is -2.26. The third kappa shape index (κ3) is 5.47. The summed E-state index contributed by atoms with van der Waals surface area (Å²) in [4.78, 5) is 16.1. The minimum Gasteiger partial charge on any atom is -0.441 e. The molecule has 33 heavy (non-hydrogen) atoms. The van der Waals surface area contributed by atoms with Crippen LogP contribution in [0.1, 0.15) is 17.9 Å². The van der Waals surface area contributed by atoms with Gasteiger partial charge in [0, 0.05) is 37.2 Å². The van der Waals surface area contributed by atoms with E-state index in [4.69, 9.17) is 9.15 Å². The molecule has 8 nitrogen and oxygen atoms in total. The Morgan fingerprint density at radius 3 is 2.61 bits per heavy atom. The number of morpholine rings is 1. The number of oxazole rings is 1. The number of aromatic nitrogens is 1. The topological polar surface area (TPSA) is 102 Å². The molecule has 174 valence electrons. The number of benzene rings is 2. The summed E-state index contributed by atoms with van der Waals surface area (Å²) in [7, 11) is -4.03. The van der Waals surface area contributed by atoms with Crippen molar-refractivity contribution in [3.8, 4) is 11.3 Å². The van der Waals surface area contributed by atoms with Gasteiger partial charge < -0.3 is 14.5 Å². The molecule has 4 rings (SSSR count). The summed E-state index contributed by atoms with van der Waals surface area (Å²) in [6.45, 7) is 2.81. The SMILES string of the molecule is Cc1ccc(-c2cnc(CCC(=O)Nc3ccc(F)c(S(=O)(=O)N4CCOCC4)c3)o2)cc1. The molecule has 1 saturated heterocycles. The number of anilines is 1. The van der Waals surface area contributed by atoms with Crippen LogP contribution in [0.3, 0.4) is 0 Å². The van der Waals surface area contributed by atoms with Gasteiger partial charge in [0.15, 0.2) is 11.7 Å². The molecule has 0 saturated carbocycles. The maximum absolute atomic E-state index is 14.3. The van der Waals surface area contributed by atoms with Gasteiger partial charge in [0.2, 0.25) is 15.9 Å². The van der Waals surface area contributed by atoms with Gasteiger partial charge in [0.1, 0.15) is 10.7 Å². The summed E-state index contributed by atoms with van der Waals surface area (Å²) in [6, 6.07) is 11.3. The molecule has 1 N–H and O–H groups in total. The number of nitrogens with zero attached hydrogens (tertiary/aromatic N) is 2. The Kier molecular flexibility index (Phi) is 6.87. The van der Waals surface area contributed by atoms with Gasteiger partial charge in [-0.3, -0.25) is 4.79 Å². The second-order valence-electron chi connectivity index (χ2n) is 7.69. The molecular formula is C23H24FN3O5S. The monoisotopic (exact) mass is 473 g/mol. The molecule has 0 aliphatic carbocycles. The average molecular weight is 474 g/mol. The fourth-order valence-corrected chi connectivity index (χ4v) is 4.92. The van der Waals surface area contributed by atoms with E-state index in [9.17, 15) is 17.6 Å². The van der Waals surface area contributed by atoms with Gasteiger partial charge in [-0.1, -0.05) is 29.8 Å². The molecule has 0 spiro atoms. The zero-order chi connectivity index (χ0) is 23.4. The Bertz CT molecular complexity index is 1240. The van der Waals surface area contributed by atoms with Crippen molar-refractivity contribution >= 4 is 21.6 Å². The largest absolute Gasteiger partial charge is 0.441 e. The van der Waals surface area contributed by atoms with E-state index in [2.05, 4.69) is 10.3 Å². The second kappa shape index (κ2) is 9.82. The van der Waals surface area contributed by atoms with Crippen molar-refractivity contribution in [1.82, 2.24) is 9.29 Å². The van der Waals surface area contributed by atoms with Crippen LogP contribution in [0.2, 0.25) is 0 Å². The Morgan fingerprint density at radius 1 is 1.15 bits per heavy atom. The maximum atomic E-state index is 14.3. The Labute approximate surface area is 191 Å². The van der Waals surface area contributed by atoms with Crippen LogP contribution in [0, 0.1) is 12.7 Å². The van der Waals surface area contributed by atoms with E-state index >= 15 is 0 Å². The number of carbonyl (C=O) groups is 1. The van der Waals surface area contributed by atoms with Gasteiger partial charge in [0.05, 0.1) is 19.4 Å². The van der Waals surface area contributed by atoms with E-state index in [1.165, 1.54) is 10.4 Å². The van der Waals surface area contributed by atoms with Crippen LogP contribution < -0.4 is 5.32 Å². The van der Waals surface area contributed by atoms with Crippen molar-refractivity contribution < 1.29 is 26.8 Å². The summed E-state index contributed by atoms with van der Waals surface area (Å²) >= 11 is 0. The first-order valence-corrected chi connectivity index (χ1v) is 12.0. The molecule has 0 radical (unpaired) electrons. The van der Waals surface area contributed by atoms with Crippen LogP contribution >= 0.6 is 0 Å². The van der Waals surface area contributed by atoms with Gasteiger partial charge in [-0.25, -0.2) is 17.8 Å². The van der Waals surface area contributed by atoms with E-state index < -0.39 is 20.7 Å². The Hall–Kier alpha value is -3.08. The smallest absolute Gasteiger partial charge is 0.246 e. The van der Waals surface area contributed by atoms with E-state index in [0.717, 1.165) is 23.3 Å². The van der Waals surface area contributed by atoms with Gasteiger partial charge in [0.25, 0.3) is 0 Å². The van der Waals surface area contributed by atoms with Crippen molar-refractivity contribution in [2.45, 2.75) is 24.7 Å². The van der Waals surface area contributed by atoms with Gasteiger partial charge in [-0.05, 0) is 25.1 Å². The first-order valence-electron chi connectivity index (χ1n) is 10.5. The summed E-state index contributed by atoms with van der Waals surface area (Å²) in [5, 5.41) is 2.62. The number of carbonyl (C=O) groups excluding carboxylic acids is 1. The van der Waals surface area contributed by atoms with Gasteiger partial charge in [-0.15, -0.1) is 0 Å². The van der Waals surface area contributed by atoms with Crippen molar-refractivity contribution in [1.29, 1.82) is 0 Å². The molecule has 2 aromatic carbocycles. The standard InChI is InChI=1S/C23H24FN3O5S/c1-16-2-4-17(5-3-16)20-15-25-23(32-20)9-8-22(28)26-18-6-7-19(24)21(14-18)33(29,30)27-10-12-31-13-11-27/h2-7,14-15H,8-13H2,1H3,(H,26,28). The van der Waals surface area contributed by atoms with Crippen LogP contribution in [-0.4, -0.2) is 49.9 Å². The van der Waals surface area contributed by atoms with E-state index in [1.807, 2.05) is 31.2 Å². The van der Waals surface area contributed by atoms with Crippen molar-refractivity contribution in [2.24, 2.45) is 0 Å². The summed E-state index contributed by atoms with van der Waals surface area (Å²) in [6.07, 6.45) is 1.94. The highest BCUT2D eigenvalue weighted by Crippen LogP contribution is 2.25.